The maximum absolute atomic E-state index is 11.2. The average molecular weight is 172 g/mol. The maximum Gasteiger partial charge on any atom is 0.409 e. The van der Waals surface area contributed by atoms with Crippen molar-refractivity contribution in [3.8, 4) is 0 Å². The van der Waals surface area contributed by atoms with Crippen molar-refractivity contribution in [2.24, 2.45) is 0 Å². The van der Waals surface area contributed by atoms with Gasteiger partial charge in [-0.15, -0.1) is 0 Å². The van der Waals surface area contributed by atoms with E-state index in [1.165, 1.54) is 7.11 Å². The molecular formula is C8H16N2O2. The van der Waals surface area contributed by atoms with E-state index < -0.39 is 0 Å². The van der Waals surface area contributed by atoms with E-state index >= 15 is 0 Å². The number of carbonyl (C=O) groups is 1. The van der Waals surface area contributed by atoms with Crippen LogP contribution in [0.2, 0.25) is 0 Å². The first-order valence-electron chi connectivity index (χ1n) is 4.18. The fourth-order valence-electron chi connectivity index (χ4n) is 1.53. The Balaban J connectivity index is 2.50. The van der Waals surface area contributed by atoms with Gasteiger partial charge in [-0.25, -0.2) is 4.79 Å². The first-order chi connectivity index (χ1) is 5.65. The summed E-state index contributed by atoms with van der Waals surface area (Å²) in [7, 11) is 3.48. The van der Waals surface area contributed by atoms with Crippen molar-refractivity contribution in [2.75, 3.05) is 33.8 Å². The zero-order valence-corrected chi connectivity index (χ0v) is 7.91. The number of hydrogen-bond donors (Lipinski definition) is 0. The zero-order valence-electron chi connectivity index (χ0n) is 7.91. The Labute approximate surface area is 73.1 Å². The molecule has 1 rings (SSSR count). The molecule has 0 aliphatic carbocycles. The molecule has 1 fully saturated rings. The third-order valence-electron chi connectivity index (χ3n) is 2.24. The maximum atomic E-state index is 11.2. The molecule has 1 amide bonds. The molecule has 12 heavy (non-hydrogen) atoms. The molecule has 0 N–H and O–H groups in total. The number of rotatable bonds is 0. The third kappa shape index (κ3) is 1.88. The highest BCUT2D eigenvalue weighted by atomic mass is 16.5. The summed E-state index contributed by atoms with van der Waals surface area (Å²) in [5.41, 5.74) is 0. The molecule has 0 radical (unpaired) electrons. The van der Waals surface area contributed by atoms with E-state index in [2.05, 4.69) is 16.7 Å². The predicted molar refractivity (Wildman–Crippen MR) is 46.1 cm³/mol. The molecule has 0 saturated carbocycles. The van der Waals surface area contributed by atoms with E-state index in [-0.39, 0.29) is 12.1 Å². The van der Waals surface area contributed by atoms with Crippen molar-refractivity contribution in [3.05, 3.63) is 0 Å². The number of nitrogens with zero attached hydrogens (tertiary/aromatic N) is 2. The number of ether oxygens (including phenoxy) is 1. The van der Waals surface area contributed by atoms with Gasteiger partial charge in [-0.05, 0) is 14.0 Å². The Morgan fingerprint density at radius 2 is 2.17 bits per heavy atom. The topological polar surface area (TPSA) is 32.8 Å². The van der Waals surface area contributed by atoms with E-state index in [1.54, 1.807) is 4.90 Å². The number of methoxy groups -OCH3 is 1. The van der Waals surface area contributed by atoms with Crippen LogP contribution in [0.5, 0.6) is 0 Å². The van der Waals surface area contributed by atoms with Gasteiger partial charge in [0, 0.05) is 25.7 Å². The van der Waals surface area contributed by atoms with Gasteiger partial charge in [-0.3, -0.25) is 0 Å². The van der Waals surface area contributed by atoms with E-state index in [1.807, 2.05) is 6.92 Å². The summed E-state index contributed by atoms with van der Waals surface area (Å²) in [5.74, 6) is 0. The van der Waals surface area contributed by atoms with Crippen molar-refractivity contribution in [2.45, 2.75) is 13.0 Å². The minimum Gasteiger partial charge on any atom is -0.453 e. The molecule has 4 heteroatoms. The highest BCUT2D eigenvalue weighted by Gasteiger charge is 2.25. The molecule has 0 bridgehead atoms. The van der Waals surface area contributed by atoms with E-state index in [4.69, 9.17) is 0 Å². The number of hydrogen-bond acceptors (Lipinski definition) is 3. The molecule has 0 spiro atoms. The van der Waals surface area contributed by atoms with Gasteiger partial charge < -0.3 is 14.5 Å². The Kier molecular flexibility index (Phi) is 2.92. The lowest BCUT2D eigenvalue weighted by molar-refractivity contribution is 0.0716. The molecule has 0 aromatic carbocycles. The minimum absolute atomic E-state index is 0.212. The minimum atomic E-state index is -0.212. The van der Waals surface area contributed by atoms with Crippen molar-refractivity contribution in [1.29, 1.82) is 0 Å². The molecule has 70 valence electrons. The Hall–Kier alpha value is -0.770. The summed E-state index contributed by atoms with van der Waals surface area (Å²) in [6.45, 7) is 4.66. The highest BCUT2D eigenvalue weighted by molar-refractivity contribution is 5.67. The third-order valence-corrected chi connectivity index (χ3v) is 2.24. The summed E-state index contributed by atoms with van der Waals surface area (Å²) >= 11 is 0. The van der Waals surface area contributed by atoms with Gasteiger partial charge in [0.15, 0.2) is 0 Å². The zero-order chi connectivity index (χ0) is 9.14. The molecular weight excluding hydrogens is 156 g/mol. The van der Waals surface area contributed by atoms with Gasteiger partial charge in [-0.1, -0.05) is 0 Å². The highest BCUT2D eigenvalue weighted by Crippen LogP contribution is 2.08. The van der Waals surface area contributed by atoms with Crippen LogP contribution in [0.25, 0.3) is 0 Å². The molecule has 0 aromatic heterocycles. The SMILES string of the molecule is COC(=O)N1CCN(C)CC1C. The van der Waals surface area contributed by atoms with Crippen LogP contribution in [0.4, 0.5) is 4.79 Å². The second-order valence-corrected chi connectivity index (χ2v) is 3.27. The standard InChI is InChI=1S/C8H16N2O2/c1-7-6-9(2)4-5-10(7)8(11)12-3/h7H,4-6H2,1-3H3. The van der Waals surface area contributed by atoms with Crippen molar-refractivity contribution >= 4 is 6.09 Å². The predicted octanol–water partition coefficient (Wildman–Crippen LogP) is 0.389. The molecule has 1 unspecified atom stereocenters. The van der Waals surface area contributed by atoms with Crippen LogP contribution in [0, 0.1) is 0 Å². The van der Waals surface area contributed by atoms with Crippen molar-refractivity contribution in [1.82, 2.24) is 9.80 Å². The quantitative estimate of drug-likeness (QED) is 0.530. The van der Waals surface area contributed by atoms with Crippen LogP contribution in [0.1, 0.15) is 6.92 Å². The van der Waals surface area contributed by atoms with Crippen LogP contribution >= 0.6 is 0 Å². The summed E-state index contributed by atoms with van der Waals surface area (Å²) in [6.07, 6.45) is -0.212. The van der Waals surface area contributed by atoms with Gasteiger partial charge >= 0.3 is 6.09 Å². The Morgan fingerprint density at radius 3 is 2.67 bits per heavy atom. The van der Waals surface area contributed by atoms with Gasteiger partial charge in [0.2, 0.25) is 0 Å². The van der Waals surface area contributed by atoms with E-state index in [0.717, 1.165) is 19.6 Å². The first-order valence-corrected chi connectivity index (χ1v) is 4.18. The smallest absolute Gasteiger partial charge is 0.409 e. The lowest BCUT2D eigenvalue weighted by atomic mass is 10.2. The molecule has 1 heterocycles. The van der Waals surface area contributed by atoms with Gasteiger partial charge in [-0.2, -0.15) is 0 Å². The van der Waals surface area contributed by atoms with Crippen LogP contribution < -0.4 is 0 Å². The van der Waals surface area contributed by atoms with Crippen molar-refractivity contribution < 1.29 is 9.53 Å². The second kappa shape index (κ2) is 3.76. The number of amides is 1. The molecule has 1 aliphatic heterocycles. The first kappa shape index (κ1) is 9.32. The molecule has 0 aromatic rings. The number of carbonyl (C=O) groups excluding carboxylic acids is 1. The Bertz CT molecular complexity index is 172. The van der Waals surface area contributed by atoms with Crippen LogP contribution in [0.3, 0.4) is 0 Å². The average Bonchev–Trinajstić information content (AvgIpc) is 2.03. The van der Waals surface area contributed by atoms with Crippen LogP contribution in [0.15, 0.2) is 0 Å². The van der Waals surface area contributed by atoms with Crippen LogP contribution in [-0.2, 0) is 4.74 Å². The second-order valence-electron chi connectivity index (χ2n) is 3.27. The summed E-state index contributed by atoms with van der Waals surface area (Å²) in [6, 6.07) is 0.260. The van der Waals surface area contributed by atoms with Gasteiger partial charge in [0.05, 0.1) is 7.11 Å². The largest absolute Gasteiger partial charge is 0.453 e. The molecule has 1 saturated heterocycles. The van der Waals surface area contributed by atoms with Crippen LogP contribution in [-0.4, -0.2) is 55.7 Å². The fourth-order valence-corrected chi connectivity index (χ4v) is 1.53. The summed E-state index contributed by atoms with van der Waals surface area (Å²) < 4.78 is 4.66. The lowest BCUT2D eigenvalue weighted by Crippen LogP contribution is -2.52. The van der Waals surface area contributed by atoms with E-state index in [9.17, 15) is 4.79 Å². The summed E-state index contributed by atoms with van der Waals surface area (Å²) in [5, 5.41) is 0. The van der Waals surface area contributed by atoms with Crippen molar-refractivity contribution in [3.63, 3.8) is 0 Å². The van der Waals surface area contributed by atoms with Gasteiger partial charge in [0.1, 0.15) is 0 Å². The monoisotopic (exact) mass is 172 g/mol. The molecule has 4 nitrogen and oxygen atoms in total. The fraction of sp³-hybridized carbons (Fsp3) is 0.875. The normalized spacial score (nSPS) is 25.6. The van der Waals surface area contributed by atoms with Gasteiger partial charge in [0.25, 0.3) is 0 Å². The lowest BCUT2D eigenvalue weighted by Gasteiger charge is -2.36. The number of likely N-dealkylation sites (N-methyl/N-ethyl adjacent to an activating group) is 1. The molecule has 1 aliphatic rings. The van der Waals surface area contributed by atoms with E-state index in [0.29, 0.717) is 0 Å². The molecule has 1 atom stereocenters. The Morgan fingerprint density at radius 1 is 1.50 bits per heavy atom. The summed E-state index contributed by atoms with van der Waals surface area (Å²) in [4.78, 5) is 15.1. The number of piperazine rings is 1.